The van der Waals surface area contributed by atoms with Gasteiger partial charge in [0, 0.05) is 38.8 Å². The molecule has 6 nitrogen and oxygen atoms in total. The molecule has 0 saturated carbocycles. The van der Waals surface area contributed by atoms with E-state index < -0.39 is 11.4 Å². The Bertz CT molecular complexity index is 350. The number of hydrogen-bond donors (Lipinski definition) is 2. The third kappa shape index (κ3) is 4.37. The molecule has 1 aliphatic rings. The molecular formula is C14H27N3O3. The molecule has 1 saturated heterocycles. The SMILES string of the molecule is CCC(C)N1CCN(C(=O)NCC(C)(C)C(=O)O)CC1. The topological polar surface area (TPSA) is 72.9 Å². The molecule has 1 aliphatic heterocycles. The van der Waals surface area contributed by atoms with Gasteiger partial charge in [0.05, 0.1) is 5.41 Å². The molecule has 0 aromatic heterocycles. The summed E-state index contributed by atoms with van der Waals surface area (Å²) in [7, 11) is 0. The Morgan fingerprint density at radius 3 is 2.25 bits per heavy atom. The largest absolute Gasteiger partial charge is 0.481 e. The summed E-state index contributed by atoms with van der Waals surface area (Å²) in [4.78, 5) is 27.1. The van der Waals surface area contributed by atoms with E-state index in [-0.39, 0.29) is 12.6 Å². The van der Waals surface area contributed by atoms with Crippen LogP contribution in [0.3, 0.4) is 0 Å². The third-order valence-corrected chi connectivity index (χ3v) is 4.08. The average molecular weight is 285 g/mol. The van der Waals surface area contributed by atoms with Gasteiger partial charge in [0.1, 0.15) is 0 Å². The van der Waals surface area contributed by atoms with E-state index >= 15 is 0 Å². The lowest BCUT2D eigenvalue weighted by atomic mass is 9.94. The number of carboxylic acids is 1. The summed E-state index contributed by atoms with van der Waals surface area (Å²) in [5, 5.41) is 11.7. The number of hydrogen-bond acceptors (Lipinski definition) is 3. The summed E-state index contributed by atoms with van der Waals surface area (Å²) in [5.74, 6) is -0.903. The first-order valence-electron chi connectivity index (χ1n) is 7.28. The lowest BCUT2D eigenvalue weighted by Gasteiger charge is -2.38. The van der Waals surface area contributed by atoms with Crippen molar-refractivity contribution in [3.05, 3.63) is 0 Å². The molecule has 1 unspecified atom stereocenters. The molecule has 2 amide bonds. The standard InChI is InChI=1S/C14H27N3O3/c1-5-11(2)16-6-8-17(9-7-16)13(20)15-10-14(3,4)12(18)19/h11H,5-10H2,1-4H3,(H,15,20)(H,18,19). The van der Waals surface area contributed by atoms with E-state index in [1.165, 1.54) is 0 Å². The van der Waals surface area contributed by atoms with Gasteiger partial charge in [-0.25, -0.2) is 4.79 Å². The highest BCUT2D eigenvalue weighted by atomic mass is 16.4. The summed E-state index contributed by atoms with van der Waals surface area (Å²) in [6.45, 7) is 10.9. The molecule has 20 heavy (non-hydrogen) atoms. The molecule has 0 aromatic rings. The molecule has 0 spiro atoms. The van der Waals surface area contributed by atoms with Crippen molar-refractivity contribution < 1.29 is 14.7 Å². The number of urea groups is 1. The van der Waals surface area contributed by atoms with Crippen LogP contribution in [0, 0.1) is 5.41 Å². The highest BCUT2D eigenvalue weighted by molar-refractivity contribution is 5.77. The third-order valence-electron chi connectivity index (χ3n) is 4.08. The van der Waals surface area contributed by atoms with Gasteiger partial charge in [0.15, 0.2) is 0 Å². The maximum Gasteiger partial charge on any atom is 0.317 e. The Morgan fingerprint density at radius 2 is 1.80 bits per heavy atom. The predicted molar refractivity (Wildman–Crippen MR) is 77.7 cm³/mol. The van der Waals surface area contributed by atoms with Crippen molar-refractivity contribution in [2.45, 2.75) is 40.2 Å². The summed E-state index contributed by atoms with van der Waals surface area (Å²) in [6, 6.07) is 0.384. The van der Waals surface area contributed by atoms with Crippen LogP contribution in [0.2, 0.25) is 0 Å². The molecular weight excluding hydrogens is 258 g/mol. The Hall–Kier alpha value is -1.30. The molecule has 116 valence electrons. The number of piperazine rings is 1. The number of carbonyl (C=O) groups excluding carboxylic acids is 1. The van der Waals surface area contributed by atoms with E-state index in [1.807, 2.05) is 0 Å². The number of nitrogens with zero attached hydrogens (tertiary/aromatic N) is 2. The molecule has 1 fully saturated rings. The monoisotopic (exact) mass is 285 g/mol. The van der Waals surface area contributed by atoms with Gasteiger partial charge in [0.2, 0.25) is 0 Å². The van der Waals surface area contributed by atoms with Crippen LogP contribution >= 0.6 is 0 Å². The van der Waals surface area contributed by atoms with E-state index in [1.54, 1.807) is 18.7 Å². The van der Waals surface area contributed by atoms with Gasteiger partial charge < -0.3 is 15.3 Å². The minimum Gasteiger partial charge on any atom is -0.481 e. The van der Waals surface area contributed by atoms with Crippen LogP contribution in [0.4, 0.5) is 4.79 Å². The molecule has 0 radical (unpaired) electrons. The smallest absolute Gasteiger partial charge is 0.317 e. The Labute approximate surface area is 121 Å². The fraction of sp³-hybridized carbons (Fsp3) is 0.857. The Balaban J connectivity index is 2.38. The lowest BCUT2D eigenvalue weighted by molar-refractivity contribution is -0.146. The van der Waals surface area contributed by atoms with Gasteiger partial charge in [-0.05, 0) is 27.2 Å². The number of nitrogens with one attached hydrogen (secondary N) is 1. The number of rotatable bonds is 5. The molecule has 0 aliphatic carbocycles. The van der Waals surface area contributed by atoms with Crippen LogP contribution in [-0.4, -0.2) is 65.7 Å². The predicted octanol–water partition coefficient (Wildman–Crippen LogP) is 1.22. The molecule has 1 heterocycles. The molecule has 6 heteroatoms. The van der Waals surface area contributed by atoms with E-state index in [0.717, 1.165) is 19.5 Å². The zero-order chi connectivity index (χ0) is 15.3. The lowest BCUT2D eigenvalue weighted by Crippen LogP contribution is -2.54. The maximum atomic E-state index is 12.0. The zero-order valence-corrected chi connectivity index (χ0v) is 13.0. The van der Waals surface area contributed by atoms with Crippen molar-refractivity contribution in [2.75, 3.05) is 32.7 Å². The first kappa shape index (κ1) is 16.8. The van der Waals surface area contributed by atoms with Crippen molar-refractivity contribution in [1.82, 2.24) is 15.1 Å². The first-order chi connectivity index (χ1) is 9.27. The van der Waals surface area contributed by atoms with E-state index in [2.05, 4.69) is 24.1 Å². The van der Waals surface area contributed by atoms with Gasteiger partial charge in [0.25, 0.3) is 0 Å². The van der Waals surface area contributed by atoms with E-state index in [4.69, 9.17) is 5.11 Å². The van der Waals surface area contributed by atoms with Crippen molar-refractivity contribution in [2.24, 2.45) is 5.41 Å². The van der Waals surface area contributed by atoms with E-state index in [0.29, 0.717) is 19.1 Å². The molecule has 1 atom stereocenters. The molecule has 1 rings (SSSR count). The molecule has 0 bridgehead atoms. The van der Waals surface area contributed by atoms with Crippen molar-refractivity contribution in [3.8, 4) is 0 Å². The number of amides is 2. The van der Waals surface area contributed by atoms with Crippen LogP contribution in [0.5, 0.6) is 0 Å². The minimum atomic E-state index is -0.936. The second-order valence-corrected chi connectivity index (χ2v) is 6.13. The number of carbonyl (C=O) groups is 2. The van der Waals surface area contributed by atoms with Crippen LogP contribution in [0.1, 0.15) is 34.1 Å². The summed E-state index contributed by atoms with van der Waals surface area (Å²) < 4.78 is 0. The zero-order valence-electron chi connectivity index (χ0n) is 13.0. The maximum absolute atomic E-state index is 12.0. The fourth-order valence-electron chi connectivity index (χ4n) is 2.11. The number of aliphatic carboxylic acids is 1. The van der Waals surface area contributed by atoms with Crippen molar-refractivity contribution >= 4 is 12.0 Å². The van der Waals surface area contributed by atoms with Crippen molar-refractivity contribution in [1.29, 1.82) is 0 Å². The Morgan fingerprint density at radius 1 is 1.25 bits per heavy atom. The van der Waals surface area contributed by atoms with Crippen molar-refractivity contribution in [3.63, 3.8) is 0 Å². The van der Waals surface area contributed by atoms with Gasteiger partial charge in [-0.3, -0.25) is 9.69 Å². The second kappa shape index (κ2) is 6.92. The first-order valence-corrected chi connectivity index (χ1v) is 7.28. The normalized spacial score (nSPS) is 18.7. The van der Waals surface area contributed by atoms with Crippen LogP contribution in [0.25, 0.3) is 0 Å². The highest BCUT2D eigenvalue weighted by Crippen LogP contribution is 2.14. The Kier molecular flexibility index (Phi) is 5.80. The summed E-state index contributed by atoms with van der Waals surface area (Å²) >= 11 is 0. The summed E-state index contributed by atoms with van der Waals surface area (Å²) in [6.07, 6.45) is 1.11. The quantitative estimate of drug-likeness (QED) is 0.796. The van der Waals surface area contributed by atoms with Crippen LogP contribution < -0.4 is 5.32 Å². The minimum absolute atomic E-state index is 0.146. The second-order valence-electron chi connectivity index (χ2n) is 6.13. The average Bonchev–Trinajstić information content (AvgIpc) is 2.44. The van der Waals surface area contributed by atoms with E-state index in [9.17, 15) is 9.59 Å². The molecule has 0 aromatic carbocycles. The molecule has 2 N–H and O–H groups in total. The summed E-state index contributed by atoms with van der Waals surface area (Å²) in [5.41, 5.74) is -0.936. The fourth-order valence-corrected chi connectivity index (χ4v) is 2.11. The number of carboxylic acid groups (broad SMARTS) is 1. The van der Waals surface area contributed by atoms with Crippen LogP contribution in [-0.2, 0) is 4.79 Å². The van der Waals surface area contributed by atoms with Gasteiger partial charge in [-0.1, -0.05) is 6.92 Å². The van der Waals surface area contributed by atoms with Gasteiger partial charge in [-0.15, -0.1) is 0 Å². The van der Waals surface area contributed by atoms with Crippen LogP contribution in [0.15, 0.2) is 0 Å². The van der Waals surface area contributed by atoms with Gasteiger partial charge in [-0.2, -0.15) is 0 Å². The highest BCUT2D eigenvalue weighted by Gasteiger charge is 2.29. The van der Waals surface area contributed by atoms with Gasteiger partial charge >= 0.3 is 12.0 Å².